The molecule has 0 aliphatic carbocycles. The number of ether oxygens (including phenoxy) is 2. The number of carbonyl (C=O) groups is 3. The molecule has 35 heavy (non-hydrogen) atoms. The number of benzene rings is 2. The minimum absolute atomic E-state index is 0.106. The summed E-state index contributed by atoms with van der Waals surface area (Å²) in [6.07, 6.45) is 2.13. The highest BCUT2D eigenvalue weighted by Crippen LogP contribution is 2.33. The number of nitrogens with one attached hydrogen (secondary N) is 1. The standard InChI is InChI=1S/C27H31N3O5/c1-17(31)28-20-7-10-24-22(13-20)27(33)29(2)23-9-8-21(35-25(23)16-34-24)14-26(32)30-12-11-18-5-3-4-6-19(18)15-30/h3-7,10,13,21,23,25H,8-9,11-12,14-16H2,1-2H3,(H,28,31)/t21-,23-,25-/m1/s1. The molecule has 8 nitrogen and oxygen atoms in total. The van der Waals surface area contributed by atoms with Gasteiger partial charge < -0.3 is 24.6 Å². The zero-order valence-corrected chi connectivity index (χ0v) is 20.2. The van der Waals surface area contributed by atoms with E-state index in [-0.39, 0.29) is 42.6 Å². The number of rotatable bonds is 3. The van der Waals surface area contributed by atoms with Crippen molar-refractivity contribution in [2.24, 2.45) is 0 Å². The first kappa shape index (κ1) is 23.4. The van der Waals surface area contributed by atoms with Gasteiger partial charge in [0.1, 0.15) is 18.5 Å². The molecule has 0 radical (unpaired) electrons. The predicted molar refractivity (Wildman–Crippen MR) is 130 cm³/mol. The van der Waals surface area contributed by atoms with Crippen molar-refractivity contribution < 1.29 is 23.9 Å². The summed E-state index contributed by atoms with van der Waals surface area (Å²) < 4.78 is 12.3. The Hall–Kier alpha value is -3.39. The fourth-order valence-corrected chi connectivity index (χ4v) is 5.34. The highest BCUT2D eigenvalue weighted by atomic mass is 16.5. The van der Waals surface area contributed by atoms with E-state index in [2.05, 4.69) is 17.4 Å². The van der Waals surface area contributed by atoms with Crippen LogP contribution < -0.4 is 10.1 Å². The number of nitrogens with zero attached hydrogens (tertiary/aromatic N) is 2. The lowest BCUT2D eigenvalue weighted by Crippen LogP contribution is -2.54. The number of hydrogen-bond acceptors (Lipinski definition) is 5. The van der Waals surface area contributed by atoms with Crippen LogP contribution in [0.3, 0.4) is 0 Å². The molecular formula is C27H31N3O5. The molecule has 1 saturated heterocycles. The van der Waals surface area contributed by atoms with E-state index >= 15 is 0 Å². The van der Waals surface area contributed by atoms with Crippen molar-refractivity contribution in [2.45, 2.75) is 57.4 Å². The molecule has 3 heterocycles. The third-order valence-corrected chi connectivity index (χ3v) is 7.22. The van der Waals surface area contributed by atoms with Crippen LogP contribution in [0.25, 0.3) is 0 Å². The van der Waals surface area contributed by atoms with Crippen LogP contribution in [0.1, 0.15) is 47.7 Å². The molecule has 2 aromatic rings. The van der Waals surface area contributed by atoms with E-state index in [9.17, 15) is 14.4 Å². The molecular weight excluding hydrogens is 446 g/mol. The molecule has 3 atom stereocenters. The second kappa shape index (κ2) is 9.70. The fourth-order valence-electron chi connectivity index (χ4n) is 5.34. The van der Waals surface area contributed by atoms with Crippen molar-refractivity contribution in [1.29, 1.82) is 0 Å². The van der Waals surface area contributed by atoms with Crippen molar-refractivity contribution in [1.82, 2.24) is 9.80 Å². The molecule has 1 fully saturated rings. The van der Waals surface area contributed by atoms with Gasteiger partial charge in [-0.1, -0.05) is 24.3 Å². The second-order valence-electron chi connectivity index (χ2n) is 9.60. The molecule has 3 aliphatic heterocycles. The van der Waals surface area contributed by atoms with Gasteiger partial charge in [-0.25, -0.2) is 0 Å². The van der Waals surface area contributed by atoms with E-state index in [0.29, 0.717) is 36.4 Å². The van der Waals surface area contributed by atoms with Crippen molar-refractivity contribution in [3.05, 3.63) is 59.2 Å². The second-order valence-corrected chi connectivity index (χ2v) is 9.60. The Morgan fingerprint density at radius 2 is 1.91 bits per heavy atom. The molecule has 0 saturated carbocycles. The molecule has 5 rings (SSSR count). The maximum Gasteiger partial charge on any atom is 0.257 e. The average Bonchev–Trinajstić information content (AvgIpc) is 2.86. The van der Waals surface area contributed by atoms with Crippen LogP contribution in [0.4, 0.5) is 5.69 Å². The number of likely N-dealkylation sites (N-methyl/N-ethyl adjacent to an activating group) is 1. The van der Waals surface area contributed by atoms with E-state index in [0.717, 1.165) is 19.4 Å². The summed E-state index contributed by atoms with van der Waals surface area (Å²) in [5, 5.41) is 2.71. The first-order valence-electron chi connectivity index (χ1n) is 12.2. The van der Waals surface area contributed by atoms with Crippen molar-refractivity contribution in [3.63, 3.8) is 0 Å². The molecule has 8 heteroatoms. The Morgan fingerprint density at radius 3 is 2.71 bits per heavy atom. The highest BCUT2D eigenvalue weighted by Gasteiger charge is 2.39. The van der Waals surface area contributed by atoms with Gasteiger partial charge >= 0.3 is 0 Å². The monoisotopic (exact) mass is 477 g/mol. The Bertz CT molecular complexity index is 1150. The maximum atomic E-state index is 13.3. The summed E-state index contributed by atoms with van der Waals surface area (Å²) in [7, 11) is 1.78. The number of fused-ring (bicyclic) bond motifs is 3. The molecule has 1 N–H and O–H groups in total. The minimum Gasteiger partial charge on any atom is -0.490 e. The molecule has 0 bridgehead atoms. The summed E-state index contributed by atoms with van der Waals surface area (Å²) in [6, 6.07) is 13.2. The Balaban J connectivity index is 1.25. The number of amides is 3. The third kappa shape index (κ3) is 4.89. The van der Waals surface area contributed by atoms with Gasteiger partial charge in [-0.2, -0.15) is 0 Å². The largest absolute Gasteiger partial charge is 0.490 e. The molecule has 0 spiro atoms. The lowest BCUT2D eigenvalue weighted by molar-refractivity contribution is -0.143. The lowest BCUT2D eigenvalue weighted by atomic mass is 9.94. The van der Waals surface area contributed by atoms with Gasteiger partial charge in [0.05, 0.1) is 24.1 Å². The van der Waals surface area contributed by atoms with Crippen LogP contribution in [0.5, 0.6) is 5.75 Å². The van der Waals surface area contributed by atoms with E-state index < -0.39 is 0 Å². The van der Waals surface area contributed by atoms with E-state index in [4.69, 9.17) is 9.47 Å². The minimum atomic E-state index is -0.319. The summed E-state index contributed by atoms with van der Waals surface area (Å²) in [6.45, 7) is 3.09. The molecule has 2 aromatic carbocycles. The van der Waals surface area contributed by atoms with E-state index in [1.165, 1.54) is 18.1 Å². The first-order valence-corrected chi connectivity index (χ1v) is 12.2. The van der Waals surface area contributed by atoms with Crippen LogP contribution >= 0.6 is 0 Å². The summed E-state index contributed by atoms with van der Waals surface area (Å²) in [5.74, 6) is 0.192. The maximum absolute atomic E-state index is 13.3. The van der Waals surface area contributed by atoms with E-state index in [1.54, 1.807) is 30.1 Å². The van der Waals surface area contributed by atoms with Gasteiger partial charge in [-0.05, 0) is 48.6 Å². The van der Waals surface area contributed by atoms with Crippen LogP contribution in [0, 0.1) is 0 Å². The quantitative estimate of drug-likeness (QED) is 0.734. The number of anilines is 1. The first-order chi connectivity index (χ1) is 16.9. The van der Waals surface area contributed by atoms with Crippen LogP contribution in [-0.2, 0) is 27.3 Å². The van der Waals surface area contributed by atoms with Gasteiger partial charge in [-0.3, -0.25) is 14.4 Å². The third-order valence-electron chi connectivity index (χ3n) is 7.22. The average molecular weight is 478 g/mol. The van der Waals surface area contributed by atoms with Crippen molar-refractivity contribution in [2.75, 3.05) is 25.5 Å². The lowest BCUT2D eigenvalue weighted by Gasteiger charge is -2.42. The van der Waals surface area contributed by atoms with Gasteiger partial charge in [0, 0.05) is 32.7 Å². The van der Waals surface area contributed by atoms with Crippen molar-refractivity contribution in [3.8, 4) is 5.75 Å². The van der Waals surface area contributed by atoms with Gasteiger partial charge in [0.25, 0.3) is 5.91 Å². The van der Waals surface area contributed by atoms with Crippen LogP contribution in [0.2, 0.25) is 0 Å². The SMILES string of the molecule is CC(=O)Nc1ccc2c(c1)C(=O)N(C)[C@@H]1CC[C@H](CC(=O)N3CCc4ccccc4C3)O[C@@H]1CO2. The Labute approximate surface area is 205 Å². The number of carbonyl (C=O) groups excluding carboxylic acids is 3. The summed E-state index contributed by atoms with van der Waals surface area (Å²) in [5.41, 5.74) is 3.50. The Kier molecular flexibility index (Phi) is 6.47. The van der Waals surface area contributed by atoms with Crippen molar-refractivity contribution >= 4 is 23.4 Å². The zero-order valence-electron chi connectivity index (χ0n) is 20.2. The topological polar surface area (TPSA) is 88.2 Å². The van der Waals surface area contributed by atoms with Gasteiger partial charge in [0.2, 0.25) is 11.8 Å². The molecule has 0 aromatic heterocycles. The van der Waals surface area contributed by atoms with Gasteiger partial charge in [0.15, 0.2) is 0 Å². The molecule has 3 aliphatic rings. The smallest absolute Gasteiger partial charge is 0.257 e. The normalized spacial score (nSPS) is 23.7. The number of hydrogen-bond donors (Lipinski definition) is 1. The van der Waals surface area contributed by atoms with Crippen LogP contribution in [-0.4, -0.2) is 66.0 Å². The predicted octanol–water partition coefficient (Wildman–Crippen LogP) is 3.00. The zero-order chi connectivity index (χ0) is 24.5. The Morgan fingerprint density at radius 1 is 1.11 bits per heavy atom. The highest BCUT2D eigenvalue weighted by molar-refractivity contribution is 5.99. The summed E-state index contributed by atoms with van der Waals surface area (Å²) >= 11 is 0. The summed E-state index contributed by atoms with van der Waals surface area (Å²) in [4.78, 5) is 41.4. The van der Waals surface area contributed by atoms with Gasteiger partial charge in [-0.15, -0.1) is 0 Å². The fraction of sp³-hybridized carbons (Fsp3) is 0.444. The van der Waals surface area contributed by atoms with E-state index in [1.807, 2.05) is 17.0 Å². The van der Waals surface area contributed by atoms with Crippen LogP contribution in [0.15, 0.2) is 42.5 Å². The molecule has 0 unspecified atom stereocenters. The molecule has 3 amide bonds. The molecule has 184 valence electrons.